The molecule has 0 saturated carbocycles. The molecular formula is C12H20N4O2. The van der Waals surface area contributed by atoms with Gasteiger partial charge in [0.15, 0.2) is 5.69 Å². The van der Waals surface area contributed by atoms with Crippen molar-refractivity contribution in [3.63, 3.8) is 0 Å². The van der Waals surface area contributed by atoms with E-state index in [0.29, 0.717) is 5.69 Å². The highest BCUT2D eigenvalue weighted by Crippen LogP contribution is 2.24. The Hall–Kier alpha value is -1.43. The molecule has 0 spiro atoms. The maximum atomic E-state index is 12.0. The summed E-state index contributed by atoms with van der Waals surface area (Å²) in [5.74, 6) is -0.170. The fourth-order valence-corrected chi connectivity index (χ4v) is 2.09. The lowest BCUT2D eigenvalue weighted by Gasteiger charge is -2.22. The minimum Gasteiger partial charge on any atom is -0.455 e. The number of aromatic amines is 1. The number of aromatic nitrogens is 3. The maximum Gasteiger partial charge on any atom is 0.361 e. The summed E-state index contributed by atoms with van der Waals surface area (Å²) in [5.41, 5.74) is 0.521. The first-order valence-electron chi connectivity index (χ1n) is 6.32. The number of carbonyl (C=O) groups is 1. The molecule has 18 heavy (non-hydrogen) atoms. The Morgan fingerprint density at radius 2 is 2.17 bits per heavy atom. The second-order valence-corrected chi connectivity index (χ2v) is 5.60. The Morgan fingerprint density at radius 3 is 2.78 bits per heavy atom. The third kappa shape index (κ3) is 3.07. The summed E-state index contributed by atoms with van der Waals surface area (Å²) in [6, 6.07) is 0. The van der Waals surface area contributed by atoms with Crippen molar-refractivity contribution in [1.82, 2.24) is 20.7 Å². The van der Waals surface area contributed by atoms with Gasteiger partial charge in [0.25, 0.3) is 0 Å². The third-order valence-electron chi connectivity index (χ3n) is 2.85. The van der Waals surface area contributed by atoms with Gasteiger partial charge >= 0.3 is 5.97 Å². The SMILES string of the molecule is CC(C)(C)OC(=O)c1n[nH]nc1C1CCCNC1. The molecule has 1 aliphatic heterocycles. The van der Waals surface area contributed by atoms with E-state index in [1.54, 1.807) is 0 Å². The predicted molar refractivity (Wildman–Crippen MR) is 66.4 cm³/mol. The molecule has 1 saturated heterocycles. The molecule has 6 nitrogen and oxygen atoms in total. The Labute approximate surface area is 106 Å². The van der Waals surface area contributed by atoms with Crippen LogP contribution in [0.4, 0.5) is 0 Å². The molecule has 2 N–H and O–H groups in total. The minimum absolute atomic E-state index is 0.236. The van der Waals surface area contributed by atoms with E-state index in [2.05, 4.69) is 20.7 Å². The number of H-pyrrole nitrogens is 1. The molecule has 6 heteroatoms. The van der Waals surface area contributed by atoms with Gasteiger partial charge in [-0.25, -0.2) is 4.79 Å². The average molecular weight is 252 g/mol. The van der Waals surface area contributed by atoms with Crippen LogP contribution in [0.3, 0.4) is 0 Å². The summed E-state index contributed by atoms with van der Waals surface area (Å²) in [4.78, 5) is 12.0. The number of carbonyl (C=O) groups excluding carboxylic acids is 1. The summed E-state index contributed by atoms with van der Waals surface area (Å²) in [5, 5.41) is 13.9. The molecule has 0 bridgehead atoms. The van der Waals surface area contributed by atoms with E-state index < -0.39 is 11.6 Å². The number of nitrogens with zero attached hydrogens (tertiary/aromatic N) is 2. The standard InChI is InChI=1S/C12H20N4O2/c1-12(2,3)18-11(17)10-9(14-16-15-10)8-5-4-6-13-7-8/h8,13H,4-7H2,1-3H3,(H,14,15,16). The van der Waals surface area contributed by atoms with Crippen LogP contribution in [0.1, 0.15) is 55.7 Å². The molecule has 2 heterocycles. The van der Waals surface area contributed by atoms with E-state index in [1.165, 1.54) is 0 Å². The molecule has 0 aromatic carbocycles. The maximum absolute atomic E-state index is 12.0. The second kappa shape index (κ2) is 5.06. The fourth-order valence-electron chi connectivity index (χ4n) is 2.09. The second-order valence-electron chi connectivity index (χ2n) is 5.60. The highest BCUT2D eigenvalue weighted by molar-refractivity contribution is 5.88. The van der Waals surface area contributed by atoms with Crippen LogP contribution in [0.5, 0.6) is 0 Å². The van der Waals surface area contributed by atoms with E-state index in [9.17, 15) is 4.79 Å². The first-order valence-corrected chi connectivity index (χ1v) is 6.32. The van der Waals surface area contributed by atoms with E-state index in [1.807, 2.05) is 20.8 Å². The van der Waals surface area contributed by atoms with Gasteiger partial charge in [-0.1, -0.05) is 0 Å². The molecule has 1 fully saturated rings. The third-order valence-corrected chi connectivity index (χ3v) is 2.85. The van der Waals surface area contributed by atoms with Crippen molar-refractivity contribution in [2.45, 2.75) is 45.1 Å². The summed E-state index contributed by atoms with van der Waals surface area (Å²) < 4.78 is 5.33. The average Bonchev–Trinajstić information content (AvgIpc) is 2.76. The Balaban J connectivity index is 2.14. The molecule has 1 unspecified atom stereocenters. The zero-order chi connectivity index (χ0) is 13.2. The fraction of sp³-hybridized carbons (Fsp3) is 0.750. The van der Waals surface area contributed by atoms with Gasteiger partial charge in [0.05, 0.1) is 0 Å². The zero-order valence-electron chi connectivity index (χ0n) is 11.1. The van der Waals surface area contributed by atoms with Gasteiger partial charge in [-0.2, -0.15) is 10.3 Å². The first kappa shape index (κ1) is 13.0. The smallest absolute Gasteiger partial charge is 0.361 e. The van der Waals surface area contributed by atoms with Crippen LogP contribution < -0.4 is 5.32 Å². The van der Waals surface area contributed by atoms with Crippen LogP contribution in [0, 0.1) is 0 Å². The monoisotopic (exact) mass is 252 g/mol. The number of rotatable bonds is 2. The van der Waals surface area contributed by atoms with Crippen molar-refractivity contribution in [1.29, 1.82) is 0 Å². The Bertz CT molecular complexity index is 416. The van der Waals surface area contributed by atoms with Crippen molar-refractivity contribution in [3.8, 4) is 0 Å². The van der Waals surface area contributed by atoms with Gasteiger partial charge in [0, 0.05) is 12.5 Å². The van der Waals surface area contributed by atoms with Crippen LogP contribution in [0.25, 0.3) is 0 Å². The molecular weight excluding hydrogens is 232 g/mol. The van der Waals surface area contributed by atoms with Crippen molar-refractivity contribution in [2.24, 2.45) is 0 Å². The number of ether oxygens (including phenoxy) is 1. The minimum atomic E-state index is -0.516. The highest BCUT2D eigenvalue weighted by atomic mass is 16.6. The molecule has 1 aliphatic rings. The number of esters is 1. The summed E-state index contributed by atoms with van der Waals surface area (Å²) in [6.45, 7) is 7.38. The van der Waals surface area contributed by atoms with Crippen molar-refractivity contribution < 1.29 is 9.53 Å². The Kier molecular flexibility index (Phi) is 3.65. The van der Waals surface area contributed by atoms with Gasteiger partial charge in [-0.05, 0) is 40.2 Å². The largest absolute Gasteiger partial charge is 0.455 e. The summed E-state index contributed by atoms with van der Waals surface area (Å²) in [7, 11) is 0. The normalized spacial score (nSPS) is 20.7. The summed E-state index contributed by atoms with van der Waals surface area (Å²) >= 11 is 0. The molecule has 1 aromatic rings. The van der Waals surface area contributed by atoms with Crippen LogP contribution in [0.2, 0.25) is 0 Å². The summed E-state index contributed by atoms with van der Waals surface area (Å²) in [6.07, 6.45) is 2.11. The lowest BCUT2D eigenvalue weighted by Crippen LogP contribution is -2.30. The number of nitrogens with one attached hydrogen (secondary N) is 2. The number of piperidine rings is 1. The number of hydrogen-bond acceptors (Lipinski definition) is 5. The molecule has 0 amide bonds. The van der Waals surface area contributed by atoms with E-state index >= 15 is 0 Å². The van der Waals surface area contributed by atoms with E-state index in [4.69, 9.17) is 4.74 Å². The Morgan fingerprint density at radius 1 is 1.39 bits per heavy atom. The molecule has 0 aliphatic carbocycles. The first-order chi connectivity index (χ1) is 8.47. The predicted octanol–water partition coefficient (Wildman–Crippen LogP) is 1.23. The van der Waals surface area contributed by atoms with E-state index in [0.717, 1.165) is 31.6 Å². The number of hydrogen-bond donors (Lipinski definition) is 2. The van der Waals surface area contributed by atoms with Crippen LogP contribution >= 0.6 is 0 Å². The van der Waals surface area contributed by atoms with Crippen LogP contribution in [0.15, 0.2) is 0 Å². The topological polar surface area (TPSA) is 79.9 Å². The van der Waals surface area contributed by atoms with Crippen molar-refractivity contribution in [2.75, 3.05) is 13.1 Å². The molecule has 0 radical (unpaired) electrons. The van der Waals surface area contributed by atoms with Crippen molar-refractivity contribution in [3.05, 3.63) is 11.4 Å². The molecule has 1 atom stereocenters. The van der Waals surface area contributed by atoms with Crippen molar-refractivity contribution >= 4 is 5.97 Å². The van der Waals surface area contributed by atoms with Crippen LogP contribution in [-0.4, -0.2) is 40.1 Å². The van der Waals surface area contributed by atoms with Gasteiger partial charge < -0.3 is 10.1 Å². The van der Waals surface area contributed by atoms with Gasteiger partial charge in [-0.15, -0.1) is 5.10 Å². The highest BCUT2D eigenvalue weighted by Gasteiger charge is 2.28. The molecule has 2 rings (SSSR count). The van der Waals surface area contributed by atoms with Gasteiger partial charge in [0.2, 0.25) is 0 Å². The zero-order valence-corrected chi connectivity index (χ0v) is 11.1. The van der Waals surface area contributed by atoms with Gasteiger partial charge in [0.1, 0.15) is 11.3 Å². The lowest BCUT2D eigenvalue weighted by molar-refractivity contribution is 0.00608. The molecule has 1 aromatic heterocycles. The molecule has 100 valence electrons. The lowest BCUT2D eigenvalue weighted by atomic mass is 9.95. The van der Waals surface area contributed by atoms with E-state index in [-0.39, 0.29) is 5.92 Å². The van der Waals surface area contributed by atoms with Crippen LogP contribution in [-0.2, 0) is 4.74 Å². The quantitative estimate of drug-likeness (QED) is 0.774. The van der Waals surface area contributed by atoms with Gasteiger partial charge in [-0.3, -0.25) is 0 Å².